The molecule has 0 bridgehead atoms. The lowest BCUT2D eigenvalue weighted by Crippen LogP contribution is -1.92. The lowest BCUT2D eigenvalue weighted by Gasteiger charge is -2.04. The van der Waals surface area contributed by atoms with Gasteiger partial charge in [0, 0.05) is 5.56 Å². The number of hydrogen-bond donors (Lipinski definition) is 0. The Morgan fingerprint density at radius 2 is 1.78 bits per heavy atom. The second-order valence-electron chi connectivity index (χ2n) is 3.90. The number of hydrogen-bond acceptors (Lipinski definition) is 2. The zero-order chi connectivity index (χ0) is 12.5. The maximum Gasteiger partial charge on any atom is 0.223 e. The normalized spacial score (nSPS) is 10.8. The van der Waals surface area contributed by atoms with E-state index in [4.69, 9.17) is 11.6 Å². The topological polar surface area (TPSA) is 25.8 Å². The fourth-order valence-electron chi connectivity index (χ4n) is 1.88. The van der Waals surface area contributed by atoms with Crippen LogP contribution in [0.2, 0.25) is 5.28 Å². The van der Waals surface area contributed by atoms with Crippen LogP contribution in [0.3, 0.4) is 0 Å². The molecule has 0 aliphatic rings. The van der Waals surface area contributed by atoms with Gasteiger partial charge in [-0.2, -0.15) is 0 Å². The van der Waals surface area contributed by atoms with E-state index in [0.29, 0.717) is 5.56 Å². The average molecular weight is 259 g/mol. The van der Waals surface area contributed by atoms with E-state index in [1.807, 2.05) is 42.5 Å². The van der Waals surface area contributed by atoms with E-state index in [1.54, 1.807) is 0 Å². The van der Waals surface area contributed by atoms with Gasteiger partial charge < -0.3 is 0 Å². The minimum absolute atomic E-state index is 0.0413. The fraction of sp³-hybridized carbons (Fsp3) is 0. The molecular weight excluding hydrogens is 251 g/mol. The Balaban J connectivity index is 2.22. The first kappa shape index (κ1) is 11.1. The zero-order valence-corrected chi connectivity index (χ0v) is 10.0. The predicted molar refractivity (Wildman–Crippen MR) is 69.9 cm³/mol. The van der Waals surface area contributed by atoms with Crippen molar-refractivity contribution in [2.45, 2.75) is 0 Å². The smallest absolute Gasteiger partial charge is 0.223 e. The molecule has 88 valence electrons. The lowest BCUT2D eigenvalue weighted by atomic mass is 10.0. The van der Waals surface area contributed by atoms with Crippen molar-refractivity contribution >= 4 is 22.4 Å². The first-order valence-electron chi connectivity index (χ1n) is 5.41. The second-order valence-corrected chi connectivity index (χ2v) is 4.24. The maximum atomic E-state index is 13.7. The van der Waals surface area contributed by atoms with Crippen molar-refractivity contribution in [3.05, 3.63) is 59.8 Å². The molecule has 0 atom stereocenters. The maximum absolute atomic E-state index is 13.7. The van der Waals surface area contributed by atoms with E-state index in [9.17, 15) is 4.39 Å². The standard InChI is InChI=1S/C14H8ClFN2/c15-14-17-8-12(16)13(18-14)11-6-5-9-3-1-2-4-10(9)7-11/h1-8H. The molecule has 0 aliphatic heterocycles. The Labute approximate surface area is 108 Å². The average Bonchev–Trinajstić information content (AvgIpc) is 2.41. The van der Waals surface area contributed by atoms with Gasteiger partial charge in [0.15, 0.2) is 5.82 Å². The molecule has 0 spiro atoms. The Hall–Kier alpha value is -2.00. The van der Waals surface area contributed by atoms with Gasteiger partial charge >= 0.3 is 0 Å². The number of fused-ring (bicyclic) bond motifs is 1. The molecule has 1 heterocycles. The molecule has 1 aromatic heterocycles. The summed E-state index contributed by atoms with van der Waals surface area (Å²) in [5.74, 6) is -0.477. The summed E-state index contributed by atoms with van der Waals surface area (Å²) >= 11 is 5.70. The van der Waals surface area contributed by atoms with E-state index in [0.717, 1.165) is 17.0 Å². The largest absolute Gasteiger partial charge is 0.223 e. The number of aromatic nitrogens is 2. The van der Waals surface area contributed by atoms with Gasteiger partial charge in [0.2, 0.25) is 5.28 Å². The van der Waals surface area contributed by atoms with Crippen LogP contribution < -0.4 is 0 Å². The predicted octanol–water partition coefficient (Wildman–Crippen LogP) is 4.09. The van der Waals surface area contributed by atoms with Gasteiger partial charge in [-0.1, -0.05) is 36.4 Å². The fourth-order valence-corrected chi connectivity index (χ4v) is 2.02. The summed E-state index contributed by atoms with van der Waals surface area (Å²) in [6, 6.07) is 13.5. The van der Waals surface area contributed by atoms with E-state index >= 15 is 0 Å². The van der Waals surface area contributed by atoms with E-state index in [2.05, 4.69) is 9.97 Å². The van der Waals surface area contributed by atoms with Crippen molar-refractivity contribution in [2.24, 2.45) is 0 Å². The first-order chi connectivity index (χ1) is 8.74. The van der Waals surface area contributed by atoms with Crippen molar-refractivity contribution < 1.29 is 4.39 Å². The van der Waals surface area contributed by atoms with Gasteiger partial charge in [-0.25, -0.2) is 14.4 Å². The molecule has 4 heteroatoms. The molecule has 0 N–H and O–H groups in total. The summed E-state index contributed by atoms with van der Waals surface area (Å²) in [7, 11) is 0. The Kier molecular flexibility index (Phi) is 2.68. The van der Waals surface area contributed by atoms with Gasteiger partial charge in [-0.3, -0.25) is 0 Å². The Morgan fingerprint density at radius 3 is 2.61 bits per heavy atom. The van der Waals surface area contributed by atoms with Crippen molar-refractivity contribution in [1.29, 1.82) is 0 Å². The van der Waals surface area contributed by atoms with Crippen LogP contribution in [-0.4, -0.2) is 9.97 Å². The van der Waals surface area contributed by atoms with Gasteiger partial charge in [0.05, 0.1) is 6.20 Å². The lowest BCUT2D eigenvalue weighted by molar-refractivity contribution is 0.618. The van der Waals surface area contributed by atoms with Gasteiger partial charge in [-0.15, -0.1) is 0 Å². The SMILES string of the molecule is Fc1cnc(Cl)nc1-c1ccc2ccccc2c1. The summed E-state index contributed by atoms with van der Waals surface area (Å²) in [4.78, 5) is 7.54. The highest BCUT2D eigenvalue weighted by Gasteiger charge is 2.09. The third-order valence-electron chi connectivity index (χ3n) is 2.74. The number of rotatable bonds is 1. The molecule has 0 aliphatic carbocycles. The van der Waals surface area contributed by atoms with Crippen LogP contribution in [0.15, 0.2) is 48.7 Å². The molecule has 3 aromatic rings. The summed E-state index contributed by atoms with van der Waals surface area (Å²) in [5.41, 5.74) is 0.913. The summed E-state index contributed by atoms with van der Waals surface area (Å²) < 4.78 is 13.7. The number of halogens is 2. The van der Waals surface area contributed by atoms with Crippen LogP contribution in [0, 0.1) is 5.82 Å². The van der Waals surface area contributed by atoms with Gasteiger partial charge in [0.1, 0.15) is 5.69 Å². The third kappa shape index (κ3) is 1.93. The molecule has 0 saturated heterocycles. The van der Waals surface area contributed by atoms with Crippen molar-refractivity contribution in [3.63, 3.8) is 0 Å². The quantitative estimate of drug-likeness (QED) is 0.615. The summed E-state index contributed by atoms with van der Waals surface area (Å²) in [5, 5.41) is 2.17. The van der Waals surface area contributed by atoms with Crippen LogP contribution in [0.5, 0.6) is 0 Å². The van der Waals surface area contributed by atoms with E-state index < -0.39 is 5.82 Å². The van der Waals surface area contributed by atoms with E-state index in [1.165, 1.54) is 0 Å². The van der Waals surface area contributed by atoms with Gasteiger partial charge in [0.25, 0.3) is 0 Å². The van der Waals surface area contributed by atoms with Crippen molar-refractivity contribution in [3.8, 4) is 11.3 Å². The highest BCUT2D eigenvalue weighted by atomic mass is 35.5. The monoisotopic (exact) mass is 258 g/mol. The van der Waals surface area contributed by atoms with Gasteiger partial charge in [-0.05, 0) is 28.4 Å². The number of nitrogens with zero attached hydrogens (tertiary/aromatic N) is 2. The first-order valence-corrected chi connectivity index (χ1v) is 5.79. The summed E-state index contributed by atoms with van der Waals surface area (Å²) in [6.07, 6.45) is 1.08. The third-order valence-corrected chi connectivity index (χ3v) is 2.92. The highest BCUT2D eigenvalue weighted by molar-refractivity contribution is 6.28. The summed E-state index contributed by atoms with van der Waals surface area (Å²) in [6.45, 7) is 0. The molecule has 2 nitrogen and oxygen atoms in total. The van der Waals surface area contributed by atoms with Crippen molar-refractivity contribution in [2.75, 3.05) is 0 Å². The van der Waals surface area contributed by atoms with Crippen LogP contribution in [-0.2, 0) is 0 Å². The molecule has 0 amide bonds. The second kappa shape index (κ2) is 4.35. The van der Waals surface area contributed by atoms with Crippen LogP contribution in [0.25, 0.3) is 22.0 Å². The molecule has 18 heavy (non-hydrogen) atoms. The minimum Gasteiger partial charge on any atom is -0.223 e. The zero-order valence-electron chi connectivity index (χ0n) is 9.27. The molecule has 2 aromatic carbocycles. The Morgan fingerprint density at radius 1 is 1.00 bits per heavy atom. The van der Waals surface area contributed by atoms with Crippen LogP contribution >= 0.6 is 11.6 Å². The molecule has 0 saturated carbocycles. The molecule has 3 rings (SSSR count). The van der Waals surface area contributed by atoms with Crippen LogP contribution in [0.4, 0.5) is 4.39 Å². The molecule has 0 fully saturated rings. The number of benzene rings is 2. The molecular formula is C14H8ClFN2. The van der Waals surface area contributed by atoms with Crippen LogP contribution in [0.1, 0.15) is 0 Å². The Bertz CT molecular complexity index is 728. The van der Waals surface area contributed by atoms with Crippen molar-refractivity contribution in [1.82, 2.24) is 9.97 Å². The minimum atomic E-state index is -0.477. The molecule has 0 unspecified atom stereocenters. The molecule has 0 radical (unpaired) electrons. The van der Waals surface area contributed by atoms with E-state index in [-0.39, 0.29) is 11.0 Å². The highest BCUT2D eigenvalue weighted by Crippen LogP contribution is 2.25.